The van der Waals surface area contributed by atoms with E-state index in [9.17, 15) is 0 Å². The monoisotopic (exact) mass is 260 g/mol. The summed E-state index contributed by atoms with van der Waals surface area (Å²) in [5.41, 5.74) is 2.29. The van der Waals surface area contributed by atoms with Crippen LogP contribution in [0.25, 0.3) is 0 Å². The van der Waals surface area contributed by atoms with Gasteiger partial charge in [0.25, 0.3) is 0 Å². The first-order valence-corrected chi connectivity index (χ1v) is 6.58. The van der Waals surface area contributed by atoms with Crippen molar-refractivity contribution in [2.45, 2.75) is 26.7 Å². The van der Waals surface area contributed by atoms with Crippen molar-refractivity contribution in [3.05, 3.63) is 54.1 Å². The lowest BCUT2D eigenvalue weighted by Gasteiger charge is -2.09. The Morgan fingerprint density at radius 1 is 1.11 bits per heavy atom. The van der Waals surface area contributed by atoms with Gasteiger partial charge in [-0.3, -0.25) is 0 Å². The van der Waals surface area contributed by atoms with Crippen LogP contribution in [0.5, 0.6) is 0 Å². The number of imidazole rings is 1. The van der Waals surface area contributed by atoms with E-state index in [1.165, 1.54) is 5.56 Å². The smallest absolute Gasteiger partial charge is 0.0949 e. The summed E-state index contributed by atoms with van der Waals surface area (Å²) >= 11 is 0. The number of nitrogens with zero attached hydrogens (tertiary/aromatic N) is 2. The Morgan fingerprint density at radius 3 is 2.74 bits per heavy atom. The Labute approximate surface area is 114 Å². The van der Waals surface area contributed by atoms with Gasteiger partial charge in [0.1, 0.15) is 0 Å². The molecule has 0 saturated heterocycles. The van der Waals surface area contributed by atoms with Gasteiger partial charge >= 0.3 is 0 Å². The number of ether oxygens (including phenoxy) is 2. The van der Waals surface area contributed by atoms with Crippen LogP contribution >= 0.6 is 0 Å². The van der Waals surface area contributed by atoms with Crippen LogP contribution in [0, 0.1) is 0 Å². The molecule has 0 spiro atoms. The van der Waals surface area contributed by atoms with Crippen molar-refractivity contribution >= 4 is 0 Å². The van der Waals surface area contributed by atoms with Gasteiger partial charge in [-0.2, -0.15) is 0 Å². The van der Waals surface area contributed by atoms with Crippen LogP contribution in [0.2, 0.25) is 0 Å². The van der Waals surface area contributed by atoms with Crippen LogP contribution < -0.4 is 0 Å². The van der Waals surface area contributed by atoms with Crippen LogP contribution in [-0.4, -0.2) is 22.8 Å². The Morgan fingerprint density at radius 2 is 1.95 bits per heavy atom. The minimum absolute atomic E-state index is 0.606. The molecule has 19 heavy (non-hydrogen) atoms. The molecule has 2 rings (SSSR count). The molecule has 2 aromatic rings. The highest BCUT2D eigenvalue weighted by molar-refractivity contribution is 5.13. The van der Waals surface area contributed by atoms with E-state index in [4.69, 9.17) is 9.47 Å². The molecule has 0 saturated carbocycles. The summed E-state index contributed by atoms with van der Waals surface area (Å²) in [4.78, 5) is 4.14. The zero-order valence-corrected chi connectivity index (χ0v) is 11.3. The topological polar surface area (TPSA) is 36.3 Å². The van der Waals surface area contributed by atoms with E-state index in [1.54, 1.807) is 0 Å². The average molecular weight is 260 g/mol. The minimum Gasteiger partial charge on any atom is -0.375 e. The lowest BCUT2D eigenvalue weighted by molar-refractivity contribution is 0.106. The summed E-state index contributed by atoms with van der Waals surface area (Å²) in [6.45, 7) is 5.44. The third-order valence-electron chi connectivity index (χ3n) is 2.84. The normalized spacial score (nSPS) is 10.8. The third-order valence-corrected chi connectivity index (χ3v) is 2.84. The van der Waals surface area contributed by atoms with Crippen LogP contribution in [0.3, 0.4) is 0 Å². The highest BCUT2D eigenvalue weighted by Gasteiger charge is 2.01. The molecule has 1 heterocycles. The van der Waals surface area contributed by atoms with Crippen molar-refractivity contribution in [1.29, 1.82) is 0 Å². The standard InChI is InChI=1S/C15H20N2O2/c1-2-18-12-15-10-16-13-17(15)8-9-19-11-14-6-4-3-5-7-14/h3-7,10,13H,2,8-9,11-12H2,1H3. The van der Waals surface area contributed by atoms with Crippen molar-refractivity contribution in [2.24, 2.45) is 0 Å². The first-order chi connectivity index (χ1) is 9.40. The molecule has 4 nitrogen and oxygen atoms in total. The van der Waals surface area contributed by atoms with Crippen molar-refractivity contribution in [3.63, 3.8) is 0 Å². The molecular weight excluding hydrogens is 240 g/mol. The van der Waals surface area contributed by atoms with Crippen molar-refractivity contribution in [3.8, 4) is 0 Å². The van der Waals surface area contributed by atoms with Gasteiger partial charge in [-0.15, -0.1) is 0 Å². The first kappa shape index (κ1) is 13.8. The quantitative estimate of drug-likeness (QED) is 0.685. The number of hydrogen-bond donors (Lipinski definition) is 0. The lowest BCUT2D eigenvalue weighted by atomic mass is 10.2. The van der Waals surface area contributed by atoms with Gasteiger partial charge in [0, 0.05) is 13.2 Å². The van der Waals surface area contributed by atoms with Gasteiger partial charge in [0.05, 0.1) is 38.0 Å². The fourth-order valence-corrected chi connectivity index (χ4v) is 1.80. The zero-order chi connectivity index (χ0) is 13.3. The van der Waals surface area contributed by atoms with Crippen LogP contribution in [0.1, 0.15) is 18.2 Å². The molecule has 1 aromatic heterocycles. The molecule has 0 amide bonds. The maximum absolute atomic E-state index is 5.66. The summed E-state index contributed by atoms with van der Waals surface area (Å²) in [6.07, 6.45) is 3.66. The van der Waals surface area contributed by atoms with E-state index in [0.717, 1.165) is 18.8 Å². The number of rotatable bonds is 8. The third kappa shape index (κ3) is 4.50. The number of hydrogen-bond acceptors (Lipinski definition) is 3. The second-order valence-electron chi connectivity index (χ2n) is 4.25. The Balaban J connectivity index is 1.72. The second kappa shape index (κ2) is 7.71. The molecule has 0 aliphatic heterocycles. The molecule has 0 aliphatic rings. The van der Waals surface area contributed by atoms with Gasteiger partial charge in [-0.05, 0) is 12.5 Å². The van der Waals surface area contributed by atoms with E-state index >= 15 is 0 Å². The molecule has 4 heteroatoms. The summed E-state index contributed by atoms with van der Waals surface area (Å²) < 4.78 is 13.1. The van der Waals surface area contributed by atoms with Crippen LogP contribution in [-0.2, 0) is 29.2 Å². The SMILES string of the molecule is CCOCc1cncn1CCOCc1ccccc1. The predicted molar refractivity (Wildman–Crippen MR) is 73.7 cm³/mol. The summed E-state index contributed by atoms with van der Waals surface area (Å²) in [7, 11) is 0. The average Bonchev–Trinajstić information content (AvgIpc) is 2.90. The number of benzene rings is 1. The van der Waals surface area contributed by atoms with Crippen LogP contribution in [0.15, 0.2) is 42.9 Å². The van der Waals surface area contributed by atoms with Gasteiger partial charge in [-0.25, -0.2) is 4.98 Å². The van der Waals surface area contributed by atoms with Crippen LogP contribution in [0.4, 0.5) is 0 Å². The molecule has 0 N–H and O–H groups in total. The van der Waals surface area contributed by atoms with Crippen molar-refractivity contribution in [1.82, 2.24) is 9.55 Å². The fourth-order valence-electron chi connectivity index (χ4n) is 1.80. The Kier molecular flexibility index (Phi) is 5.59. The van der Waals surface area contributed by atoms with Gasteiger partial charge in [0.2, 0.25) is 0 Å². The highest BCUT2D eigenvalue weighted by Crippen LogP contribution is 2.03. The predicted octanol–water partition coefficient (Wildman–Crippen LogP) is 2.64. The molecule has 0 unspecified atom stereocenters. The van der Waals surface area contributed by atoms with Gasteiger partial charge in [-0.1, -0.05) is 30.3 Å². The lowest BCUT2D eigenvalue weighted by Crippen LogP contribution is -2.09. The fraction of sp³-hybridized carbons (Fsp3) is 0.400. The molecular formula is C15H20N2O2. The number of aromatic nitrogens is 2. The van der Waals surface area contributed by atoms with Gasteiger partial charge in [0.15, 0.2) is 0 Å². The zero-order valence-electron chi connectivity index (χ0n) is 11.3. The van der Waals surface area contributed by atoms with E-state index < -0.39 is 0 Å². The summed E-state index contributed by atoms with van der Waals surface area (Å²) in [6, 6.07) is 10.2. The molecule has 0 atom stereocenters. The molecule has 0 aliphatic carbocycles. The minimum atomic E-state index is 0.606. The Hall–Kier alpha value is -1.65. The van der Waals surface area contributed by atoms with E-state index in [1.807, 2.05) is 37.6 Å². The summed E-state index contributed by atoms with van der Waals surface area (Å²) in [5, 5.41) is 0. The molecule has 0 fully saturated rings. The molecule has 1 aromatic carbocycles. The van der Waals surface area contributed by atoms with Gasteiger partial charge < -0.3 is 14.0 Å². The molecule has 0 bridgehead atoms. The summed E-state index contributed by atoms with van der Waals surface area (Å²) in [5.74, 6) is 0. The van der Waals surface area contributed by atoms with E-state index in [0.29, 0.717) is 19.8 Å². The second-order valence-corrected chi connectivity index (χ2v) is 4.25. The van der Waals surface area contributed by atoms with Crippen molar-refractivity contribution in [2.75, 3.05) is 13.2 Å². The highest BCUT2D eigenvalue weighted by atomic mass is 16.5. The maximum atomic E-state index is 5.66. The molecule has 0 radical (unpaired) electrons. The van der Waals surface area contributed by atoms with E-state index in [2.05, 4.69) is 21.7 Å². The van der Waals surface area contributed by atoms with Crippen molar-refractivity contribution < 1.29 is 9.47 Å². The first-order valence-electron chi connectivity index (χ1n) is 6.58. The Bertz CT molecular complexity index is 468. The molecule has 102 valence electrons. The maximum Gasteiger partial charge on any atom is 0.0949 e. The largest absolute Gasteiger partial charge is 0.375 e. The van der Waals surface area contributed by atoms with E-state index in [-0.39, 0.29) is 0 Å².